The van der Waals surface area contributed by atoms with E-state index in [4.69, 9.17) is 18.6 Å². The van der Waals surface area contributed by atoms with Crippen molar-refractivity contribution in [2.75, 3.05) is 20.8 Å². The zero-order chi connectivity index (χ0) is 15.2. The van der Waals surface area contributed by atoms with Crippen LogP contribution in [0.3, 0.4) is 0 Å². The molecule has 0 bridgehead atoms. The van der Waals surface area contributed by atoms with Crippen molar-refractivity contribution in [3.05, 3.63) is 35.7 Å². The molecule has 21 heavy (non-hydrogen) atoms. The van der Waals surface area contributed by atoms with Crippen molar-refractivity contribution < 1.29 is 23.4 Å². The van der Waals surface area contributed by atoms with Crippen LogP contribution in [0.4, 0.5) is 0 Å². The molecule has 0 saturated heterocycles. The molecule has 0 radical (unpaired) electrons. The first-order valence-electron chi connectivity index (χ1n) is 6.50. The number of ether oxygens (including phenoxy) is 3. The Morgan fingerprint density at radius 2 is 2.05 bits per heavy atom. The molecule has 0 saturated carbocycles. The number of methoxy groups -OCH3 is 2. The van der Waals surface area contributed by atoms with Gasteiger partial charge in [-0.05, 0) is 19.1 Å². The predicted molar refractivity (Wildman–Crippen MR) is 75.2 cm³/mol. The first kappa shape index (κ1) is 15.1. The summed E-state index contributed by atoms with van der Waals surface area (Å²) in [6.07, 6.45) is 0. The van der Waals surface area contributed by atoms with Gasteiger partial charge >= 0.3 is 5.97 Å². The van der Waals surface area contributed by atoms with Crippen molar-refractivity contribution in [3.63, 3.8) is 0 Å². The van der Waals surface area contributed by atoms with Gasteiger partial charge in [0, 0.05) is 7.11 Å². The number of hydrogen-bond donors (Lipinski definition) is 0. The second-order valence-electron chi connectivity index (χ2n) is 4.15. The van der Waals surface area contributed by atoms with Crippen LogP contribution in [0.2, 0.25) is 0 Å². The summed E-state index contributed by atoms with van der Waals surface area (Å²) in [6.45, 7) is 2.57. The predicted octanol–water partition coefficient (Wildman–Crippen LogP) is 2.67. The third-order valence-electron chi connectivity index (χ3n) is 2.77. The van der Waals surface area contributed by atoms with Gasteiger partial charge in [-0.2, -0.15) is 0 Å². The summed E-state index contributed by atoms with van der Waals surface area (Å²) in [5, 5.41) is 0. The van der Waals surface area contributed by atoms with Crippen molar-refractivity contribution >= 4 is 5.97 Å². The lowest BCUT2D eigenvalue weighted by atomic mass is 10.2. The highest BCUT2D eigenvalue weighted by Crippen LogP contribution is 2.31. The van der Waals surface area contributed by atoms with Gasteiger partial charge in [-0.15, -0.1) is 0 Å². The van der Waals surface area contributed by atoms with Crippen LogP contribution in [0, 0.1) is 0 Å². The van der Waals surface area contributed by atoms with Crippen LogP contribution in [0.1, 0.15) is 23.2 Å². The number of hydrogen-bond acceptors (Lipinski definition) is 6. The normalized spacial score (nSPS) is 10.4. The lowest BCUT2D eigenvalue weighted by molar-refractivity contribution is 0.0559. The SMILES string of the molecule is CCOc1ccccc1-c1nc(COC)c(C(=O)OC)o1. The fourth-order valence-electron chi connectivity index (χ4n) is 1.88. The first-order chi connectivity index (χ1) is 10.2. The maximum Gasteiger partial charge on any atom is 0.376 e. The Kier molecular flexibility index (Phi) is 4.94. The zero-order valence-corrected chi connectivity index (χ0v) is 12.2. The lowest BCUT2D eigenvalue weighted by Gasteiger charge is -2.06. The van der Waals surface area contributed by atoms with Crippen molar-refractivity contribution in [1.29, 1.82) is 0 Å². The molecule has 1 aromatic carbocycles. The highest BCUT2D eigenvalue weighted by atomic mass is 16.5. The Labute approximate surface area is 122 Å². The van der Waals surface area contributed by atoms with E-state index < -0.39 is 5.97 Å². The lowest BCUT2D eigenvalue weighted by Crippen LogP contribution is -2.04. The number of esters is 1. The summed E-state index contributed by atoms with van der Waals surface area (Å²) < 4.78 is 20.8. The summed E-state index contributed by atoms with van der Waals surface area (Å²) in [4.78, 5) is 16.0. The van der Waals surface area contributed by atoms with Gasteiger partial charge in [0.05, 0.1) is 25.9 Å². The van der Waals surface area contributed by atoms with Gasteiger partial charge in [-0.25, -0.2) is 9.78 Å². The second-order valence-corrected chi connectivity index (χ2v) is 4.15. The molecule has 2 rings (SSSR count). The van der Waals surface area contributed by atoms with Gasteiger partial charge in [0.25, 0.3) is 0 Å². The van der Waals surface area contributed by atoms with Crippen molar-refractivity contribution in [2.24, 2.45) is 0 Å². The smallest absolute Gasteiger partial charge is 0.376 e. The minimum Gasteiger partial charge on any atom is -0.493 e. The van der Waals surface area contributed by atoms with E-state index in [-0.39, 0.29) is 12.4 Å². The number of aromatic nitrogens is 1. The molecule has 1 heterocycles. The van der Waals surface area contributed by atoms with Gasteiger partial charge in [0.15, 0.2) is 0 Å². The monoisotopic (exact) mass is 291 g/mol. The molecule has 6 nitrogen and oxygen atoms in total. The average molecular weight is 291 g/mol. The Hall–Kier alpha value is -2.34. The standard InChI is InChI=1S/C15H17NO5/c1-4-20-12-8-6-5-7-10(12)14-16-11(9-18-2)13(21-14)15(17)19-3/h5-8H,4,9H2,1-3H3. The van der Waals surface area contributed by atoms with E-state index in [1.807, 2.05) is 31.2 Å². The van der Waals surface area contributed by atoms with Crippen LogP contribution in [-0.4, -0.2) is 31.8 Å². The molecule has 0 amide bonds. The number of nitrogens with zero attached hydrogens (tertiary/aromatic N) is 1. The van der Waals surface area contributed by atoms with Crippen LogP contribution in [0.25, 0.3) is 11.5 Å². The number of oxazole rings is 1. The summed E-state index contributed by atoms with van der Waals surface area (Å²) in [5.41, 5.74) is 1.07. The van der Waals surface area contributed by atoms with E-state index in [1.165, 1.54) is 14.2 Å². The average Bonchev–Trinajstić information content (AvgIpc) is 2.91. The van der Waals surface area contributed by atoms with E-state index >= 15 is 0 Å². The quantitative estimate of drug-likeness (QED) is 0.762. The van der Waals surface area contributed by atoms with E-state index in [1.54, 1.807) is 0 Å². The number of para-hydroxylation sites is 1. The number of benzene rings is 1. The number of rotatable bonds is 6. The van der Waals surface area contributed by atoms with E-state index in [9.17, 15) is 4.79 Å². The van der Waals surface area contributed by atoms with E-state index in [2.05, 4.69) is 4.98 Å². The Morgan fingerprint density at radius 1 is 1.29 bits per heavy atom. The Balaban J connectivity index is 2.47. The van der Waals surface area contributed by atoms with Gasteiger partial charge in [0.2, 0.25) is 11.7 Å². The van der Waals surface area contributed by atoms with Crippen LogP contribution >= 0.6 is 0 Å². The molecule has 0 aliphatic heterocycles. The number of carbonyl (C=O) groups excluding carboxylic acids is 1. The Bertz CT molecular complexity index is 620. The van der Waals surface area contributed by atoms with Crippen LogP contribution in [-0.2, 0) is 16.1 Å². The molecule has 0 atom stereocenters. The van der Waals surface area contributed by atoms with E-state index in [0.717, 1.165) is 0 Å². The minimum absolute atomic E-state index is 0.0423. The van der Waals surface area contributed by atoms with Crippen LogP contribution in [0.15, 0.2) is 28.7 Å². The summed E-state index contributed by atoms with van der Waals surface area (Å²) in [7, 11) is 2.80. The molecule has 112 valence electrons. The second kappa shape index (κ2) is 6.90. The van der Waals surface area contributed by atoms with Crippen LogP contribution in [0.5, 0.6) is 5.75 Å². The molecule has 6 heteroatoms. The van der Waals surface area contributed by atoms with Crippen molar-refractivity contribution in [1.82, 2.24) is 4.98 Å². The van der Waals surface area contributed by atoms with Crippen molar-refractivity contribution in [3.8, 4) is 17.2 Å². The third-order valence-corrected chi connectivity index (χ3v) is 2.77. The molecule has 1 aromatic heterocycles. The molecular weight excluding hydrogens is 274 g/mol. The highest BCUT2D eigenvalue weighted by Gasteiger charge is 2.23. The van der Waals surface area contributed by atoms with Gasteiger partial charge in [-0.1, -0.05) is 12.1 Å². The number of carbonyl (C=O) groups is 1. The molecule has 0 aliphatic carbocycles. The molecule has 0 spiro atoms. The van der Waals surface area contributed by atoms with E-state index in [0.29, 0.717) is 29.5 Å². The summed E-state index contributed by atoms with van der Waals surface area (Å²) in [5.74, 6) is 0.392. The fourth-order valence-corrected chi connectivity index (χ4v) is 1.88. The molecular formula is C15H17NO5. The molecule has 0 aliphatic rings. The minimum atomic E-state index is -0.588. The molecule has 0 unspecified atom stereocenters. The first-order valence-corrected chi connectivity index (χ1v) is 6.50. The largest absolute Gasteiger partial charge is 0.493 e. The molecule has 0 fully saturated rings. The Morgan fingerprint density at radius 3 is 2.71 bits per heavy atom. The topological polar surface area (TPSA) is 70.8 Å². The summed E-state index contributed by atoms with van der Waals surface area (Å²) >= 11 is 0. The highest BCUT2D eigenvalue weighted by molar-refractivity contribution is 5.88. The molecule has 0 N–H and O–H groups in total. The van der Waals surface area contributed by atoms with Gasteiger partial charge < -0.3 is 18.6 Å². The van der Waals surface area contributed by atoms with Crippen LogP contribution < -0.4 is 4.74 Å². The maximum absolute atomic E-state index is 11.7. The molecule has 2 aromatic rings. The zero-order valence-electron chi connectivity index (χ0n) is 12.2. The van der Waals surface area contributed by atoms with Crippen molar-refractivity contribution in [2.45, 2.75) is 13.5 Å². The third kappa shape index (κ3) is 3.22. The maximum atomic E-state index is 11.7. The van der Waals surface area contributed by atoms with Gasteiger partial charge in [0.1, 0.15) is 11.4 Å². The van der Waals surface area contributed by atoms with Gasteiger partial charge in [-0.3, -0.25) is 0 Å². The fraction of sp³-hybridized carbons (Fsp3) is 0.333. The summed E-state index contributed by atoms with van der Waals surface area (Å²) in [6, 6.07) is 7.33.